The Morgan fingerprint density at radius 3 is 2.70 bits per heavy atom. The first-order valence-electron chi connectivity index (χ1n) is 6.82. The second-order valence-corrected chi connectivity index (χ2v) is 4.82. The molecule has 7 nitrogen and oxygen atoms in total. The van der Waals surface area contributed by atoms with Crippen LogP contribution in [0, 0.1) is 21.4 Å². The Morgan fingerprint density at radius 2 is 2.00 bits per heavy atom. The van der Waals surface area contributed by atoms with Gasteiger partial charge in [-0.15, -0.1) is 0 Å². The zero-order valence-electron chi connectivity index (χ0n) is 12.3. The summed E-state index contributed by atoms with van der Waals surface area (Å²) in [5.74, 6) is -0.348. The number of nitro groups is 1. The van der Waals surface area contributed by atoms with Crippen molar-refractivity contribution in [2.24, 2.45) is 0 Å². The lowest BCUT2D eigenvalue weighted by molar-refractivity contribution is -0.384. The Balaban J connectivity index is 2.07. The molecular formula is C16H14N4O3. The van der Waals surface area contributed by atoms with Gasteiger partial charge in [-0.2, -0.15) is 5.26 Å². The van der Waals surface area contributed by atoms with E-state index < -0.39 is 11.0 Å². The van der Waals surface area contributed by atoms with Gasteiger partial charge in [0.2, 0.25) is 5.91 Å². The molecule has 1 amide bonds. The summed E-state index contributed by atoms with van der Waals surface area (Å²) in [6, 6.07) is 13.9. The summed E-state index contributed by atoms with van der Waals surface area (Å²) in [5, 5.41) is 25.3. The monoisotopic (exact) mass is 310 g/mol. The van der Waals surface area contributed by atoms with Crippen LogP contribution in [0.2, 0.25) is 0 Å². The molecule has 0 spiro atoms. The first kappa shape index (κ1) is 16.0. The molecule has 0 aliphatic carbocycles. The van der Waals surface area contributed by atoms with Gasteiger partial charge < -0.3 is 10.6 Å². The number of carbonyl (C=O) groups is 1. The van der Waals surface area contributed by atoms with Gasteiger partial charge in [0.1, 0.15) is 12.1 Å². The molecule has 0 unspecified atom stereocenters. The summed E-state index contributed by atoms with van der Waals surface area (Å²) in [6.07, 6.45) is 0. The third-order valence-electron chi connectivity index (χ3n) is 3.14. The van der Waals surface area contributed by atoms with E-state index in [2.05, 4.69) is 10.6 Å². The number of carbonyl (C=O) groups excluding carboxylic acids is 1. The lowest BCUT2D eigenvalue weighted by Gasteiger charge is -2.15. The van der Waals surface area contributed by atoms with Crippen molar-refractivity contribution >= 4 is 23.0 Å². The highest BCUT2D eigenvalue weighted by Gasteiger charge is 2.15. The fourth-order valence-electron chi connectivity index (χ4n) is 1.96. The number of nitrogens with one attached hydrogen (secondary N) is 2. The van der Waals surface area contributed by atoms with E-state index in [1.165, 1.54) is 18.2 Å². The number of rotatable bonds is 5. The van der Waals surface area contributed by atoms with Crippen LogP contribution in [0.3, 0.4) is 0 Å². The number of para-hydroxylation sites is 1. The molecule has 0 heterocycles. The van der Waals surface area contributed by atoms with Gasteiger partial charge in [0, 0.05) is 17.8 Å². The van der Waals surface area contributed by atoms with E-state index in [-0.39, 0.29) is 11.6 Å². The van der Waals surface area contributed by atoms with Crippen molar-refractivity contribution in [2.75, 3.05) is 10.6 Å². The summed E-state index contributed by atoms with van der Waals surface area (Å²) in [4.78, 5) is 22.4. The van der Waals surface area contributed by atoms with Crippen LogP contribution in [0.25, 0.3) is 0 Å². The highest BCUT2D eigenvalue weighted by molar-refractivity contribution is 5.97. The van der Waals surface area contributed by atoms with Crippen LogP contribution in [0.5, 0.6) is 0 Å². The van der Waals surface area contributed by atoms with Gasteiger partial charge in [0.05, 0.1) is 16.2 Å². The van der Waals surface area contributed by atoms with Gasteiger partial charge >= 0.3 is 0 Å². The first-order valence-corrected chi connectivity index (χ1v) is 6.82. The average molecular weight is 310 g/mol. The molecule has 0 radical (unpaired) electrons. The molecule has 0 fully saturated rings. The van der Waals surface area contributed by atoms with Crippen LogP contribution in [-0.4, -0.2) is 16.9 Å². The standard InChI is InChI=1S/C16H14N4O3/c1-11(18-13-6-4-7-14(9-13)20(22)23)16(21)19-15-8-3-2-5-12(15)10-17/h2-9,11,18H,1H3,(H,19,21)/t11-/m0/s1. The third kappa shape index (κ3) is 4.04. The molecule has 0 aromatic heterocycles. The number of hydrogen-bond donors (Lipinski definition) is 2. The van der Waals surface area contributed by atoms with E-state index in [9.17, 15) is 14.9 Å². The minimum absolute atomic E-state index is 0.0579. The first-order chi connectivity index (χ1) is 11.0. The normalized spacial score (nSPS) is 11.1. The molecule has 0 bridgehead atoms. The minimum atomic E-state index is -0.635. The van der Waals surface area contributed by atoms with Crippen molar-refractivity contribution in [1.29, 1.82) is 5.26 Å². The van der Waals surface area contributed by atoms with Gasteiger partial charge in [-0.25, -0.2) is 0 Å². The lowest BCUT2D eigenvalue weighted by Crippen LogP contribution is -2.32. The lowest BCUT2D eigenvalue weighted by atomic mass is 10.2. The highest BCUT2D eigenvalue weighted by Crippen LogP contribution is 2.18. The molecule has 2 N–H and O–H groups in total. The maximum absolute atomic E-state index is 12.2. The molecule has 1 atom stereocenters. The topological polar surface area (TPSA) is 108 Å². The fourth-order valence-corrected chi connectivity index (χ4v) is 1.96. The van der Waals surface area contributed by atoms with Crippen LogP contribution in [0.1, 0.15) is 12.5 Å². The van der Waals surface area contributed by atoms with Crippen molar-refractivity contribution in [2.45, 2.75) is 13.0 Å². The molecule has 116 valence electrons. The highest BCUT2D eigenvalue weighted by atomic mass is 16.6. The largest absolute Gasteiger partial charge is 0.374 e. The van der Waals surface area contributed by atoms with Crippen LogP contribution >= 0.6 is 0 Å². The van der Waals surface area contributed by atoms with Crippen molar-refractivity contribution in [1.82, 2.24) is 0 Å². The zero-order chi connectivity index (χ0) is 16.8. The molecule has 0 aliphatic heterocycles. The fraction of sp³-hybridized carbons (Fsp3) is 0.125. The Labute approximate surface area is 132 Å². The summed E-state index contributed by atoms with van der Waals surface area (Å²) in [7, 11) is 0. The molecule has 2 rings (SSSR count). The molecule has 0 saturated carbocycles. The van der Waals surface area contributed by atoms with Crippen LogP contribution in [0.15, 0.2) is 48.5 Å². The van der Waals surface area contributed by atoms with Crippen molar-refractivity contribution in [3.8, 4) is 6.07 Å². The quantitative estimate of drug-likeness (QED) is 0.652. The molecule has 23 heavy (non-hydrogen) atoms. The van der Waals surface area contributed by atoms with Crippen molar-refractivity contribution < 1.29 is 9.72 Å². The number of anilines is 2. The SMILES string of the molecule is C[C@H](Nc1cccc([N+](=O)[O-])c1)C(=O)Nc1ccccc1C#N. The van der Waals surface area contributed by atoms with Gasteiger partial charge in [0.15, 0.2) is 0 Å². The Kier molecular flexibility index (Phi) is 4.89. The number of nitrogens with zero attached hydrogens (tertiary/aromatic N) is 2. The number of nitro benzene ring substituents is 1. The third-order valence-corrected chi connectivity index (χ3v) is 3.14. The van der Waals surface area contributed by atoms with E-state index in [0.29, 0.717) is 16.9 Å². The molecule has 0 saturated heterocycles. The van der Waals surface area contributed by atoms with E-state index in [1.807, 2.05) is 6.07 Å². The Hall–Kier alpha value is -3.40. The predicted molar refractivity (Wildman–Crippen MR) is 86.0 cm³/mol. The number of benzene rings is 2. The maximum Gasteiger partial charge on any atom is 0.271 e. The number of hydrogen-bond acceptors (Lipinski definition) is 5. The van der Waals surface area contributed by atoms with E-state index >= 15 is 0 Å². The average Bonchev–Trinajstić information content (AvgIpc) is 2.55. The predicted octanol–water partition coefficient (Wildman–Crippen LogP) is 2.91. The van der Waals surface area contributed by atoms with E-state index in [1.54, 1.807) is 37.3 Å². The Morgan fingerprint density at radius 1 is 1.26 bits per heavy atom. The van der Waals surface area contributed by atoms with Crippen molar-refractivity contribution in [3.05, 3.63) is 64.2 Å². The minimum Gasteiger partial charge on any atom is -0.374 e. The molecular weight excluding hydrogens is 296 g/mol. The van der Waals surface area contributed by atoms with Gasteiger partial charge in [-0.3, -0.25) is 14.9 Å². The van der Waals surface area contributed by atoms with Crippen LogP contribution < -0.4 is 10.6 Å². The van der Waals surface area contributed by atoms with Gasteiger partial charge in [-0.05, 0) is 25.1 Å². The van der Waals surface area contributed by atoms with Gasteiger partial charge in [0.25, 0.3) is 5.69 Å². The number of non-ortho nitro benzene ring substituents is 1. The number of nitriles is 1. The van der Waals surface area contributed by atoms with E-state index in [4.69, 9.17) is 5.26 Å². The molecule has 2 aromatic carbocycles. The summed E-state index contributed by atoms with van der Waals surface area (Å²) < 4.78 is 0. The van der Waals surface area contributed by atoms with Gasteiger partial charge in [-0.1, -0.05) is 18.2 Å². The van der Waals surface area contributed by atoms with Crippen molar-refractivity contribution in [3.63, 3.8) is 0 Å². The molecule has 0 aliphatic rings. The second kappa shape index (κ2) is 7.04. The summed E-state index contributed by atoms with van der Waals surface area (Å²) in [6.45, 7) is 1.63. The maximum atomic E-state index is 12.2. The molecule has 7 heteroatoms. The van der Waals surface area contributed by atoms with Crippen LogP contribution in [-0.2, 0) is 4.79 Å². The second-order valence-electron chi connectivity index (χ2n) is 4.82. The van der Waals surface area contributed by atoms with Crippen LogP contribution in [0.4, 0.5) is 17.1 Å². The summed E-state index contributed by atoms with van der Waals surface area (Å²) in [5.41, 5.74) is 1.20. The molecule has 2 aromatic rings. The van der Waals surface area contributed by atoms with E-state index in [0.717, 1.165) is 0 Å². The number of amides is 1. The zero-order valence-corrected chi connectivity index (χ0v) is 12.3. The Bertz CT molecular complexity index is 783. The summed E-state index contributed by atoms with van der Waals surface area (Å²) >= 11 is 0. The smallest absolute Gasteiger partial charge is 0.271 e.